The molecule has 0 aromatic heterocycles. The van der Waals surface area contributed by atoms with E-state index in [9.17, 15) is 18.4 Å². The molecule has 0 aliphatic rings. The van der Waals surface area contributed by atoms with Gasteiger partial charge in [-0.1, -0.05) is 22.3 Å². The average molecular weight is 483 g/mol. The Kier molecular flexibility index (Phi) is 8.65. The third kappa shape index (κ3) is 5.30. The van der Waals surface area contributed by atoms with Crippen molar-refractivity contribution in [3.63, 3.8) is 0 Å². The summed E-state index contributed by atoms with van der Waals surface area (Å²) in [7, 11) is 7.85. The monoisotopic (exact) mass is 482 g/mol. The van der Waals surface area contributed by atoms with Crippen LogP contribution in [0.15, 0.2) is 24.3 Å². The molecule has 2 aromatic rings. The minimum Gasteiger partial charge on any atom is -0.490 e. The summed E-state index contributed by atoms with van der Waals surface area (Å²) >= 11 is 3.14. The van der Waals surface area contributed by atoms with Gasteiger partial charge in [0.05, 0.1) is 33.2 Å². The summed E-state index contributed by atoms with van der Waals surface area (Å²) in [5.74, 6) is -2.84. The van der Waals surface area contributed by atoms with Crippen LogP contribution < -0.4 is 9.47 Å². The van der Waals surface area contributed by atoms with Crippen molar-refractivity contribution in [2.45, 2.75) is 11.7 Å². The zero-order chi connectivity index (χ0) is 22.3. The molecule has 0 atom stereocenters. The summed E-state index contributed by atoms with van der Waals surface area (Å²) in [6, 6.07) is 5.10. The molecular weight excluding hydrogens is 465 g/mol. The zero-order valence-electron chi connectivity index (χ0n) is 16.3. The molecule has 30 heavy (non-hydrogen) atoms. The molecule has 10 heteroatoms. The van der Waals surface area contributed by atoms with Crippen LogP contribution in [0.5, 0.6) is 11.5 Å². The highest BCUT2D eigenvalue weighted by Crippen LogP contribution is 2.27. The van der Waals surface area contributed by atoms with Gasteiger partial charge in [0.1, 0.15) is 24.8 Å². The summed E-state index contributed by atoms with van der Waals surface area (Å²) in [4.78, 5) is 23.5. The lowest BCUT2D eigenvalue weighted by atomic mass is 9.92. The molecule has 0 heterocycles. The third-order valence-electron chi connectivity index (χ3n) is 4.13. The summed E-state index contributed by atoms with van der Waals surface area (Å²) in [5.41, 5.74) is 0.159. The van der Waals surface area contributed by atoms with Crippen LogP contribution in [0.1, 0.15) is 31.8 Å². The fourth-order valence-corrected chi connectivity index (χ4v) is 3.20. The molecule has 0 N–H and O–H groups in total. The van der Waals surface area contributed by atoms with Crippen molar-refractivity contribution in [2.24, 2.45) is 0 Å². The van der Waals surface area contributed by atoms with Crippen molar-refractivity contribution >= 4 is 35.7 Å². The molecule has 0 spiro atoms. The molecule has 0 bridgehead atoms. The number of hydrogen-bond donors (Lipinski definition) is 0. The molecule has 2 rings (SSSR count). The standard InChI is InChI=1S/C20H18BBrF2O6/c1-27-19(25)12-3-4-17(18(24)15(12)10-22)30-6-5-29-11-7-13(20(26)28-2)14(9-21)16(23)8-11/h3-4,7-8H,5-6,9-10H2,1-2H3. The first-order valence-corrected chi connectivity index (χ1v) is 9.82. The second-order valence-electron chi connectivity index (χ2n) is 5.85. The fraction of sp³-hybridized carbons (Fsp3) is 0.300. The van der Waals surface area contributed by atoms with Gasteiger partial charge in [0, 0.05) is 17.0 Å². The minimum absolute atomic E-state index is 0.0144. The zero-order valence-corrected chi connectivity index (χ0v) is 17.9. The van der Waals surface area contributed by atoms with Gasteiger partial charge in [-0.15, -0.1) is 0 Å². The van der Waals surface area contributed by atoms with E-state index < -0.39 is 23.6 Å². The average Bonchev–Trinajstić information content (AvgIpc) is 2.75. The molecule has 2 aromatic carbocycles. The van der Waals surface area contributed by atoms with Crippen molar-refractivity contribution in [3.05, 3.63) is 58.2 Å². The Labute approximate surface area is 182 Å². The first kappa shape index (κ1) is 23.7. The molecule has 0 fully saturated rings. The molecule has 0 saturated carbocycles. The van der Waals surface area contributed by atoms with Crippen molar-refractivity contribution in [3.8, 4) is 11.5 Å². The van der Waals surface area contributed by atoms with E-state index in [1.165, 1.54) is 32.4 Å². The predicted octanol–water partition coefficient (Wildman–Crippen LogP) is 3.56. The molecular formula is C20H18BBrF2O6. The molecule has 0 unspecified atom stereocenters. The second kappa shape index (κ2) is 11.0. The Hall–Kier alpha value is -2.62. The first-order valence-electron chi connectivity index (χ1n) is 8.69. The number of esters is 2. The Balaban J connectivity index is 2.07. The molecule has 158 valence electrons. The number of carbonyl (C=O) groups is 2. The Morgan fingerprint density at radius 2 is 1.60 bits per heavy atom. The number of rotatable bonds is 9. The molecule has 0 aliphatic carbocycles. The topological polar surface area (TPSA) is 71.1 Å². The van der Waals surface area contributed by atoms with Crippen molar-refractivity contribution < 1.29 is 37.3 Å². The van der Waals surface area contributed by atoms with Crippen LogP contribution in [0, 0.1) is 11.6 Å². The highest BCUT2D eigenvalue weighted by atomic mass is 79.9. The van der Waals surface area contributed by atoms with Gasteiger partial charge in [0.25, 0.3) is 0 Å². The first-order chi connectivity index (χ1) is 14.4. The number of benzene rings is 2. The molecule has 0 amide bonds. The van der Waals surface area contributed by atoms with Gasteiger partial charge in [-0.2, -0.15) is 0 Å². The van der Waals surface area contributed by atoms with Crippen LogP contribution in [-0.2, 0) is 21.1 Å². The quantitative estimate of drug-likeness (QED) is 0.235. The lowest BCUT2D eigenvalue weighted by Gasteiger charge is -2.14. The van der Waals surface area contributed by atoms with E-state index in [0.29, 0.717) is 0 Å². The molecule has 0 aliphatic heterocycles. The lowest BCUT2D eigenvalue weighted by molar-refractivity contribution is 0.0590. The van der Waals surface area contributed by atoms with Crippen LogP contribution in [0.25, 0.3) is 0 Å². The maximum absolute atomic E-state index is 14.6. The van der Waals surface area contributed by atoms with E-state index in [4.69, 9.17) is 17.3 Å². The highest BCUT2D eigenvalue weighted by Gasteiger charge is 2.19. The number of methoxy groups -OCH3 is 2. The Morgan fingerprint density at radius 1 is 0.967 bits per heavy atom. The van der Waals surface area contributed by atoms with Gasteiger partial charge in [-0.3, -0.25) is 0 Å². The van der Waals surface area contributed by atoms with Crippen molar-refractivity contribution in [1.29, 1.82) is 0 Å². The van der Waals surface area contributed by atoms with Gasteiger partial charge in [-0.05, 0) is 23.8 Å². The van der Waals surface area contributed by atoms with Gasteiger partial charge in [0.15, 0.2) is 11.6 Å². The predicted molar refractivity (Wildman–Crippen MR) is 109 cm³/mol. The number of halogens is 3. The van der Waals surface area contributed by atoms with Crippen LogP contribution in [0.2, 0.25) is 0 Å². The lowest BCUT2D eigenvalue weighted by Crippen LogP contribution is -2.13. The maximum atomic E-state index is 14.6. The van der Waals surface area contributed by atoms with Crippen molar-refractivity contribution in [1.82, 2.24) is 0 Å². The fourth-order valence-electron chi connectivity index (χ4n) is 2.65. The van der Waals surface area contributed by atoms with Gasteiger partial charge >= 0.3 is 11.9 Å². The van der Waals surface area contributed by atoms with Crippen molar-refractivity contribution in [2.75, 3.05) is 27.4 Å². The van der Waals surface area contributed by atoms with E-state index in [0.717, 1.165) is 6.07 Å². The second-order valence-corrected chi connectivity index (χ2v) is 6.41. The molecule has 0 saturated heterocycles. The number of carbonyl (C=O) groups excluding carboxylic acids is 2. The normalized spacial score (nSPS) is 10.4. The number of alkyl halides is 1. The van der Waals surface area contributed by atoms with Crippen LogP contribution in [0.3, 0.4) is 0 Å². The number of ether oxygens (including phenoxy) is 4. The van der Waals surface area contributed by atoms with E-state index >= 15 is 0 Å². The van der Waals surface area contributed by atoms with Gasteiger partial charge in [0.2, 0.25) is 0 Å². The SMILES string of the molecule is [B]Cc1c(F)cc(OCCOc2ccc(C(=O)OC)c(CBr)c2F)cc1C(=O)OC. The summed E-state index contributed by atoms with van der Waals surface area (Å²) in [6.07, 6.45) is -0.184. The van der Waals surface area contributed by atoms with Crippen LogP contribution in [0.4, 0.5) is 8.78 Å². The van der Waals surface area contributed by atoms with Crippen LogP contribution >= 0.6 is 15.9 Å². The minimum atomic E-state index is -0.744. The highest BCUT2D eigenvalue weighted by molar-refractivity contribution is 9.08. The van der Waals surface area contributed by atoms with Crippen LogP contribution in [-0.4, -0.2) is 47.2 Å². The number of hydrogen-bond acceptors (Lipinski definition) is 6. The third-order valence-corrected chi connectivity index (χ3v) is 4.70. The van der Waals surface area contributed by atoms with E-state index in [-0.39, 0.29) is 58.6 Å². The van der Waals surface area contributed by atoms with Gasteiger partial charge < -0.3 is 18.9 Å². The van der Waals surface area contributed by atoms with Gasteiger partial charge in [-0.25, -0.2) is 18.4 Å². The van der Waals surface area contributed by atoms with E-state index in [1.54, 1.807) is 0 Å². The smallest absolute Gasteiger partial charge is 0.338 e. The summed E-state index contributed by atoms with van der Waals surface area (Å²) in [6.45, 7) is -0.145. The van der Waals surface area contributed by atoms with E-state index in [2.05, 4.69) is 25.4 Å². The largest absolute Gasteiger partial charge is 0.490 e. The molecule has 2 radical (unpaired) electrons. The molecule has 6 nitrogen and oxygen atoms in total. The summed E-state index contributed by atoms with van der Waals surface area (Å²) < 4.78 is 48.8. The van der Waals surface area contributed by atoms with E-state index in [1.807, 2.05) is 0 Å². The summed E-state index contributed by atoms with van der Waals surface area (Å²) in [5, 5.41) is 0.0834. The Morgan fingerprint density at radius 3 is 2.20 bits per heavy atom. The Bertz CT molecular complexity index is 938. The maximum Gasteiger partial charge on any atom is 0.338 e.